The Kier molecular flexibility index (Phi) is 7.15. The zero-order valence-electron chi connectivity index (χ0n) is 9.95. The van der Waals surface area contributed by atoms with Crippen LogP contribution in [0.25, 0.3) is 0 Å². The van der Waals surface area contributed by atoms with Gasteiger partial charge in [-0.25, -0.2) is 0 Å². The number of hydrogen-bond acceptors (Lipinski definition) is 1. The normalized spacial score (nSPS) is 11.1. The van der Waals surface area contributed by atoms with Crippen LogP contribution >= 0.6 is 15.9 Å². The molecule has 1 nitrogen and oxygen atoms in total. The maximum Gasteiger partial charge on any atom is 0.0389 e. The Balaban J connectivity index is 2.14. The number of aliphatic imine (C=N–C) groups is 1. The molecule has 0 saturated heterocycles. The monoisotopic (exact) mass is 281 g/mol. The van der Waals surface area contributed by atoms with E-state index in [-0.39, 0.29) is 0 Å². The molecule has 0 aliphatic carbocycles. The van der Waals surface area contributed by atoms with E-state index in [2.05, 4.69) is 40.0 Å². The predicted octanol–water partition coefficient (Wildman–Crippen LogP) is 4.84. The van der Waals surface area contributed by atoms with Gasteiger partial charge < -0.3 is 0 Å². The van der Waals surface area contributed by atoms with Crippen LogP contribution in [0, 0.1) is 0 Å². The molecule has 0 bridgehead atoms. The van der Waals surface area contributed by atoms with Crippen molar-refractivity contribution in [2.24, 2.45) is 4.99 Å². The quantitative estimate of drug-likeness (QED) is 0.501. The highest BCUT2D eigenvalue weighted by Gasteiger charge is 1.89. The van der Waals surface area contributed by atoms with E-state index in [4.69, 9.17) is 0 Å². The number of hydrogen-bond donors (Lipinski definition) is 0. The Hall–Kier alpha value is -0.630. The summed E-state index contributed by atoms with van der Waals surface area (Å²) in [5.74, 6) is 0. The van der Waals surface area contributed by atoms with Gasteiger partial charge in [-0.1, -0.05) is 60.7 Å². The molecular weight excluding hydrogens is 262 g/mol. The van der Waals surface area contributed by atoms with Gasteiger partial charge in [-0.3, -0.25) is 4.99 Å². The van der Waals surface area contributed by atoms with Crippen molar-refractivity contribution >= 4 is 22.1 Å². The summed E-state index contributed by atoms with van der Waals surface area (Å²) in [6.07, 6.45) is 8.51. The Morgan fingerprint density at radius 3 is 2.44 bits per heavy atom. The maximum atomic E-state index is 4.43. The first-order valence-corrected chi connectivity index (χ1v) is 6.87. The van der Waals surface area contributed by atoms with Crippen molar-refractivity contribution in [1.29, 1.82) is 0 Å². The number of halogens is 1. The minimum Gasteiger partial charge on any atom is -0.293 e. The zero-order chi connectivity index (χ0) is 11.6. The lowest BCUT2D eigenvalue weighted by atomic mass is 10.1. The second-order valence-corrected chi connectivity index (χ2v) is 4.92. The van der Waals surface area contributed by atoms with Crippen molar-refractivity contribution < 1.29 is 0 Å². The minimum absolute atomic E-state index is 0.958. The van der Waals surface area contributed by atoms with Gasteiger partial charge in [0, 0.05) is 17.2 Å². The molecular formula is C14H20BrN. The molecule has 0 fully saturated rings. The molecule has 0 aliphatic heterocycles. The van der Waals surface area contributed by atoms with E-state index >= 15 is 0 Å². The summed E-state index contributed by atoms with van der Waals surface area (Å²) in [4.78, 5) is 4.43. The first kappa shape index (κ1) is 13.4. The topological polar surface area (TPSA) is 12.4 Å². The smallest absolute Gasteiger partial charge is 0.0389 e. The van der Waals surface area contributed by atoms with Gasteiger partial charge in [0.1, 0.15) is 0 Å². The van der Waals surface area contributed by atoms with Crippen LogP contribution in [-0.2, 0) is 0 Å². The van der Waals surface area contributed by atoms with Crippen molar-refractivity contribution in [1.82, 2.24) is 0 Å². The average molecular weight is 282 g/mol. The molecule has 0 aromatic heterocycles. The fraction of sp³-hybridized carbons (Fsp3) is 0.500. The molecule has 0 spiro atoms. The molecule has 0 N–H and O–H groups in total. The second kappa shape index (κ2) is 8.51. The Morgan fingerprint density at radius 2 is 1.75 bits per heavy atom. The van der Waals surface area contributed by atoms with Gasteiger partial charge in [0.15, 0.2) is 0 Å². The van der Waals surface area contributed by atoms with Crippen LogP contribution in [0.5, 0.6) is 0 Å². The molecule has 88 valence electrons. The van der Waals surface area contributed by atoms with Gasteiger partial charge in [-0.15, -0.1) is 0 Å². The Labute approximate surface area is 107 Å². The van der Waals surface area contributed by atoms with E-state index in [0.717, 1.165) is 11.0 Å². The number of rotatable bonds is 7. The van der Waals surface area contributed by atoms with E-state index in [9.17, 15) is 0 Å². The predicted molar refractivity (Wildman–Crippen MR) is 75.4 cm³/mol. The molecule has 0 aliphatic rings. The standard InChI is InChI=1S/C14H20BrN/c1-2-3-4-5-6-11-16-12-13-7-9-14(15)10-8-13/h7-10,12H,2-6,11H2,1H3. The van der Waals surface area contributed by atoms with Gasteiger partial charge in [-0.2, -0.15) is 0 Å². The molecule has 16 heavy (non-hydrogen) atoms. The molecule has 0 radical (unpaired) electrons. The van der Waals surface area contributed by atoms with Gasteiger partial charge >= 0.3 is 0 Å². The van der Waals surface area contributed by atoms with Crippen molar-refractivity contribution in [2.45, 2.75) is 39.0 Å². The Bertz CT molecular complexity index is 303. The summed E-state index contributed by atoms with van der Waals surface area (Å²) >= 11 is 3.42. The number of benzene rings is 1. The molecule has 0 saturated carbocycles. The van der Waals surface area contributed by atoms with Gasteiger partial charge in [-0.05, 0) is 24.1 Å². The van der Waals surface area contributed by atoms with Crippen LogP contribution in [0.1, 0.15) is 44.6 Å². The average Bonchev–Trinajstić information content (AvgIpc) is 2.30. The summed E-state index contributed by atoms with van der Waals surface area (Å²) in [5, 5.41) is 0. The van der Waals surface area contributed by atoms with E-state index in [0.29, 0.717) is 0 Å². The zero-order valence-corrected chi connectivity index (χ0v) is 11.5. The summed E-state index contributed by atoms with van der Waals surface area (Å²) in [6.45, 7) is 3.20. The van der Waals surface area contributed by atoms with Crippen LogP contribution in [0.2, 0.25) is 0 Å². The summed E-state index contributed by atoms with van der Waals surface area (Å²) in [6, 6.07) is 8.24. The van der Waals surface area contributed by atoms with E-state index < -0.39 is 0 Å². The third-order valence-electron chi connectivity index (χ3n) is 2.50. The third kappa shape index (κ3) is 6.06. The molecule has 0 atom stereocenters. The molecule has 1 aromatic carbocycles. The van der Waals surface area contributed by atoms with Crippen molar-refractivity contribution in [3.63, 3.8) is 0 Å². The van der Waals surface area contributed by atoms with Gasteiger partial charge in [0.05, 0.1) is 0 Å². The first-order chi connectivity index (χ1) is 7.83. The summed E-state index contributed by atoms with van der Waals surface area (Å²) < 4.78 is 1.12. The van der Waals surface area contributed by atoms with Crippen molar-refractivity contribution in [3.8, 4) is 0 Å². The lowest BCUT2D eigenvalue weighted by molar-refractivity contribution is 0.639. The van der Waals surface area contributed by atoms with E-state index in [1.54, 1.807) is 0 Å². The van der Waals surface area contributed by atoms with E-state index in [1.807, 2.05) is 18.3 Å². The lowest BCUT2D eigenvalue weighted by Gasteiger charge is -1.96. The van der Waals surface area contributed by atoms with Gasteiger partial charge in [0.25, 0.3) is 0 Å². The van der Waals surface area contributed by atoms with Gasteiger partial charge in [0.2, 0.25) is 0 Å². The Morgan fingerprint density at radius 1 is 1.06 bits per heavy atom. The number of unbranched alkanes of at least 4 members (excludes halogenated alkanes) is 4. The van der Waals surface area contributed by atoms with Crippen LogP contribution in [0.3, 0.4) is 0 Å². The highest BCUT2D eigenvalue weighted by atomic mass is 79.9. The third-order valence-corrected chi connectivity index (χ3v) is 3.03. The fourth-order valence-corrected chi connectivity index (χ4v) is 1.79. The van der Waals surface area contributed by atoms with Crippen LogP contribution in [0.15, 0.2) is 33.7 Å². The summed E-state index contributed by atoms with van der Waals surface area (Å²) in [7, 11) is 0. The van der Waals surface area contributed by atoms with Crippen molar-refractivity contribution in [3.05, 3.63) is 34.3 Å². The van der Waals surface area contributed by atoms with Crippen LogP contribution in [0.4, 0.5) is 0 Å². The molecule has 0 heterocycles. The molecule has 1 rings (SSSR count). The van der Waals surface area contributed by atoms with Crippen LogP contribution in [-0.4, -0.2) is 12.8 Å². The summed E-state index contributed by atoms with van der Waals surface area (Å²) in [5.41, 5.74) is 1.18. The minimum atomic E-state index is 0.958. The molecule has 1 aromatic rings. The SMILES string of the molecule is CCCCCCCN=Cc1ccc(Br)cc1. The largest absolute Gasteiger partial charge is 0.293 e. The number of nitrogens with zero attached hydrogens (tertiary/aromatic N) is 1. The lowest BCUT2D eigenvalue weighted by Crippen LogP contribution is -1.85. The second-order valence-electron chi connectivity index (χ2n) is 4.00. The maximum absolute atomic E-state index is 4.43. The van der Waals surface area contributed by atoms with Crippen LogP contribution < -0.4 is 0 Å². The fourth-order valence-electron chi connectivity index (χ4n) is 1.53. The van der Waals surface area contributed by atoms with Crippen molar-refractivity contribution in [2.75, 3.05) is 6.54 Å². The highest BCUT2D eigenvalue weighted by molar-refractivity contribution is 9.10. The highest BCUT2D eigenvalue weighted by Crippen LogP contribution is 2.09. The molecule has 2 heteroatoms. The molecule has 0 unspecified atom stereocenters. The first-order valence-electron chi connectivity index (χ1n) is 6.08. The molecule has 0 amide bonds. The van der Waals surface area contributed by atoms with E-state index in [1.165, 1.54) is 37.7 Å².